The second-order valence-electron chi connectivity index (χ2n) is 8.73. The van der Waals surface area contributed by atoms with Gasteiger partial charge in [-0.15, -0.1) is 0 Å². The summed E-state index contributed by atoms with van der Waals surface area (Å²) in [4.78, 5) is 26.0. The molecule has 1 aromatic rings. The Labute approximate surface area is 174 Å². The van der Waals surface area contributed by atoms with E-state index in [4.69, 9.17) is 9.47 Å². The number of carbonyl (C=O) groups excluding carboxylic acids is 2. The standard InChI is InChI=1S/C22H35N3O4/c1-22(2,3)24-21(27)23-20(26)15-25-10-8-16(9-11-25)6-7-17-12-18(28-4)14-19(13-17)29-5/h12-14,16H,6-11,15H2,1-5H3,(H2,23,24,26,27). The SMILES string of the molecule is COc1cc(CCC2CCN(CC(=O)NC(=O)NC(C)(C)C)CC2)cc(OC)c1. The predicted octanol–water partition coefficient (Wildman–Crippen LogP) is 2.97. The highest BCUT2D eigenvalue weighted by atomic mass is 16.5. The molecule has 1 aromatic carbocycles. The molecule has 1 aliphatic heterocycles. The van der Waals surface area contributed by atoms with Crippen molar-refractivity contribution in [3.8, 4) is 11.5 Å². The van der Waals surface area contributed by atoms with Crippen LogP contribution in [0.5, 0.6) is 11.5 Å². The molecule has 0 aliphatic carbocycles. The van der Waals surface area contributed by atoms with Crippen LogP contribution in [0, 0.1) is 5.92 Å². The van der Waals surface area contributed by atoms with Crippen molar-refractivity contribution in [2.24, 2.45) is 5.92 Å². The lowest BCUT2D eigenvalue weighted by Crippen LogP contribution is -2.50. The van der Waals surface area contributed by atoms with Gasteiger partial charge in [-0.1, -0.05) is 0 Å². The summed E-state index contributed by atoms with van der Waals surface area (Å²) < 4.78 is 10.7. The second kappa shape index (κ2) is 10.5. The van der Waals surface area contributed by atoms with E-state index in [-0.39, 0.29) is 18.0 Å². The lowest BCUT2D eigenvalue weighted by atomic mass is 9.90. The number of amides is 3. The third kappa shape index (κ3) is 8.31. The molecule has 162 valence electrons. The van der Waals surface area contributed by atoms with E-state index >= 15 is 0 Å². The molecule has 0 bridgehead atoms. The summed E-state index contributed by atoms with van der Waals surface area (Å²) in [6, 6.07) is 5.57. The number of nitrogens with zero attached hydrogens (tertiary/aromatic N) is 1. The maximum atomic E-state index is 12.1. The molecule has 29 heavy (non-hydrogen) atoms. The Morgan fingerprint density at radius 2 is 1.66 bits per heavy atom. The number of aryl methyl sites for hydroxylation is 1. The molecule has 0 radical (unpaired) electrons. The largest absolute Gasteiger partial charge is 0.497 e. The Balaban J connectivity index is 1.72. The lowest BCUT2D eigenvalue weighted by Gasteiger charge is -2.31. The van der Waals surface area contributed by atoms with Gasteiger partial charge in [-0.2, -0.15) is 0 Å². The van der Waals surface area contributed by atoms with Crippen LogP contribution in [0.25, 0.3) is 0 Å². The Hall–Kier alpha value is -2.28. The van der Waals surface area contributed by atoms with Gasteiger partial charge in [-0.05, 0) is 83.2 Å². The topological polar surface area (TPSA) is 79.9 Å². The number of imide groups is 1. The number of carbonyl (C=O) groups is 2. The van der Waals surface area contributed by atoms with Crippen molar-refractivity contribution in [1.29, 1.82) is 0 Å². The lowest BCUT2D eigenvalue weighted by molar-refractivity contribution is -0.121. The number of rotatable bonds is 7. The van der Waals surface area contributed by atoms with Crippen LogP contribution in [0.2, 0.25) is 0 Å². The zero-order chi connectivity index (χ0) is 21.4. The van der Waals surface area contributed by atoms with E-state index in [1.165, 1.54) is 5.56 Å². The Kier molecular flexibility index (Phi) is 8.32. The molecule has 1 fully saturated rings. The summed E-state index contributed by atoms with van der Waals surface area (Å²) in [5.41, 5.74) is 0.850. The first-order valence-electron chi connectivity index (χ1n) is 10.2. The maximum Gasteiger partial charge on any atom is 0.321 e. The molecule has 1 aliphatic rings. The second-order valence-corrected chi connectivity index (χ2v) is 8.73. The highest BCUT2D eigenvalue weighted by molar-refractivity contribution is 5.95. The highest BCUT2D eigenvalue weighted by Gasteiger charge is 2.22. The molecular formula is C22H35N3O4. The van der Waals surface area contributed by atoms with E-state index in [1.807, 2.05) is 26.8 Å². The van der Waals surface area contributed by atoms with Crippen molar-refractivity contribution in [2.45, 2.75) is 52.0 Å². The normalized spacial score (nSPS) is 15.6. The van der Waals surface area contributed by atoms with E-state index < -0.39 is 6.03 Å². The van der Waals surface area contributed by atoms with Crippen LogP contribution in [-0.4, -0.2) is 56.2 Å². The molecular weight excluding hydrogens is 370 g/mol. The van der Waals surface area contributed by atoms with Crippen LogP contribution in [-0.2, 0) is 11.2 Å². The third-order valence-corrected chi connectivity index (χ3v) is 5.07. The van der Waals surface area contributed by atoms with Crippen molar-refractivity contribution in [3.05, 3.63) is 23.8 Å². The fourth-order valence-corrected chi connectivity index (χ4v) is 3.56. The zero-order valence-corrected chi connectivity index (χ0v) is 18.3. The van der Waals surface area contributed by atoms with E-state index in [0.717, 1.165) is 50.3 Å². The number of piperidine rings is 1. The predicted molar refractivity (Wildman–Crippen MR) is 113 cm³/mol. The van der Waals surface area contributed by atoms with Crippen molar-refractivity contribution >= 4 is 11.9 Å². The molecule has 7 nitrogen and oxygen atoms in total. The van der Waals surface area contributed by atoms with Gasteiger partial charge in [0.15, 0.2) is 0 Å². The smallest absolute Gasteiger partial charge is 0.321 e. The summed E-state index contributed by atoms with van der Waals surface area (Å²) >= 11 is 0. The first kappa shape index (κ1) is 23.0. The van der Waals surface area contributed by atoms with Gasteiger partial charge in [-0.3, -0.25) is 15.0 Å². The molecule has 0 spiro atoms. The van der Waals surface area contributed by atoms with Crippen molar-refractivity contribution in [2.75, 3.05) is 33.9 Å². The summed E-state index contributed by atoms with van der Waals surface area (Å²) in [5.74, 6) is 2.01. The molecule has 3 amide bonds. The monoisotopic (exact) mass is 405 g/mol. The molecule has 1 saturated heterocycles. The quantitative estimate of drug-likeness (QED) is 0.729. The minimum absolute atomic E-state index is 0.256. The van der Waals surface area contributed by atoms with Gasteiger partial charge in [0.1, 0.15) is 11.5 Å². The maximum absolute atomic E-state index is 12.1. The molecule has 0 aromatic heterocycles. The van der Waals surface area contributed by atoms with Crippen LogP contribution in [0.15, 0.2) is 18.2 Å². The van der Waals surface area contributed by atoms with E-state index in [0.29, 0.717) is 5.92 Å². The summed E-state index contributed by atoms with van der Waals surface area (Å²) in [7, 11) is 3.33. The Bertz CT molecular complexity index is 670. The van der Waals surface area contributed by atoms with Crippen LogP contribution in [0.4, 0.5) is 4.79 Å². The van der Waals surface area contributed by atoms with E-state index in [9.17, 15) is 9.59 Å². The Morgan fingerprint density at radius 3 is 2.17 bits per heavy atom. The zero-order valence-electron chi connectivity index (χ0n) is 18.3. The minimum atomic E-state index is -0.439. The minimum Gasteiger partial charge on any atom is -0.497 e. The molecule has 0 saturated carbocycles. The summed E-state index contributed by atoms with van der Waals surface area (Å²) in [6.45, 7) is 7.65. The molecule has 2 N–H and O–H groups in total. The molecule has 2 rings (SSSR count). The van der Waals surface area contributed by atoms with Gasteiger partial charge < -0.3 is 14.8 Å². The van der Waals surface area contributed by atoms with Gasteiger partial charge in [0.25, 0.3) is 0 Å². The number of benzene rings is 1. The first-order valence-corrected chi connectivity index (χ1v) is 10.2. The van der Waals surface area contributed by atoms with Crippen molar-refractivity contribution in [1.82, 2.24) is 15.5 Å². The fraction of sp³-hybridized carbons (Fsp3) is 0.636. The van der Waals surface area contributed by atoms with Gasteiger partial charge >= 0.3 is 6.03 Å². The summed E-state index contributed by atoms with van der Waals surface area (Å²) in [6.07, 6.45) is 4.20. The average molecular weight is 406 g/mol. The van der Waals surface area contributed by atoms with E-state index in [2.05, 4.69) is 27.7 Å². The van der Waals surface area contributed by atoms with Crippen molar-refractivity contribution < 1.29 is 19.1 Å². The first-order chi connectivity index (χ1) is 13.7. The molecule has 7 heteroatoms. The number of ether oxygens (including phenoxy) is 2. The van der Waals surface area contributed by atoms with Crippen LogP contribution in [0.3, 0.4) is 0 Å². The van der Waals surface area contributed by atoms with Gasteiger partial charge in [0.05, 0.1) is 20.8 Å². The molecule has 0 unspecified atom stereocenters. The fourth-order valence-electron chi connectivity index (χ4n) is 3.56. The van der Waals surface area contributed by atoms with Gasteiger partial charge in [0, 0.05) is 11.6 Å². The van der Waals surface area contributed by atoms with Crippen molar-refractivity contribution in [3.63, 3.8) is 0 Å². The Morgan fingerprint density at radius 1 is 1.07 bits per heavy atom. The van der Waals surface area contributed by atoms with Gasteiger partial charge in [0.2, 0.25) is 5.91 Å². The number of urea groups is 1. The number of nitrogens with one attached hydrogen (secondary N) is 2. The molecule has 0 atom stereocenters. The highest BCUT2D eigenvalue weighted by Crippen LogP contribution is 2.26. The van der Waals surface area contributed by atoms with Crippen LogP contribution < -0.4 is 20.1 Å². The average Bonchev–Trinajstić information content (AvgIpc) is 2.65. The summed E-state index contributed by atoms with van der Waals surface area (Å²) in [5, 5.41) is 5.14. The van der Waals surface area contributed by atoms with Crippen LogP contribution in [0.1, 0.15) is 45.6 Å². The number of likely N-dealkylation sites (tertiary alicyclic amines) is 1. The van der Waals surface area contributed by atoms with E-state index in [1.54, 1.807) is 14.2 Å². The van der Waals surface area contributed by atoms with Gasteiger partial charge in [-0.25, -0.2) is 4.79 Å². The molecule has 1 heterocycles. The number of hydrogen-bond donors (Lipinski definition) is 2. The van der Waals surface area contributed by atoms with Crippen LogP contribution >= 0.6 is 0 Å². The number of hydrogen-bond acceptors (Lipinski definition) is 5. The number of methoxy groups -OCH3 is 2. The third-order valence-electron chi connectivity index (χ3n) is 5.07.